The second-order valence-electron chi connectivity index (χ2n) is 9.47. The Bertz CT molecular complexity index is 1420. The Balaban J connectivity index is 1.83. The molecule has 0 spiro atoms. The van der Waals surface area contributed by atoms with Crippen LogP contribution in [0.4, 0.5) is 20.3 Å². The summed E-state index contributed by atoms with van der Waals surface area (Å²) in [5, 5.41) is 15.2. The lowest BCUT2D eigenvalue weighted by molar-refractivity contribution is 0.0120. The number of halogens is 2. The van der Waals surface area contributed by atoms with Gasteiger partial charge in [0, 0.05) is 30.8 Å². The van der Waals surface area contributed by atoms with E-state index in [-0.39, 0.29) is 48.1 Å². The summed E-state index contributed by atoms with van der Waals surface area (Å²) in [7, 11) is 4.33. The van der Waals surface area contributed by atoms with Gasteiger partial charge in [0.1, 0.15) is 17.0 Å². The number of nitrogens with zero attached hydrogens (tertiary/aromatic N) is 6. The van der Waals surface area contributed by atoms with Crippen molar-refractivity contribution in [3.05, 3.63) is 48.4 Å². The van der Waals surface area contributed by atoms with Gasteiger partial charge in [-0.1, -0.05) is 6.92 Å². The van der Waals surface area contributed by atoms with Crippen LogP contribution in [0.1, 0.15) is 20.8 Å². The number of aryl methyl sites for hydroxylation is 1. The Hall–Kier alpha value is -3.90. The van der Waals surface area contributed by atoms with Gasteiger partial charge in [-0.15, -0.1) is 0 Å². The first-order chi connectivity index (χ1) is 18.6. The number of rotatable bonds is 11. The molecule has 0 amide bonds. The number of hydrogen-bond acceptors (Lipinski definition) is 9. The van der Waals surface area contributed by atoms with E-state index in [9.17, 15) is 5.11 Å². The number of benzene rings is 1. The van der Waals surface area contributed by atoms with Crippen LogP contribution in [0.15, 0.2) is 36.8 Å². The molecule has 1 N–H and O–H groups in total. The lowest BCUT2D eigenvalue weighted by Crippen LogP contribution is -2.36. The van der Waals surface area contributed by atoms with Crippen molar-refractivity contribution in [1.29, 1.82) is 0 Å². The lowest BCUT2D eigenvalue weighted by atomic mass is 10.0. The van der Waals surface area contributed by atoms with Gasteiger partial charge in [-0.3, -0.25) is 9.67 Å². The minimum Gasteiger partial charge on any atom is -0.493 e. The van der Waals surface area contributed by atoms with Crippen molar-refractivity contribution in [3.8, 4) is 22.8 Å². The molecule has 0 radical (unpaired) electrons. The summed E-state index contributed by atoms with van der Waals surface area (Å²) >= 11 is 0. The molecule has 3 heterocycles. The number of aromatic nitrogens is 5. The van der Waals surface area contributed by atoms with E-state index in [4.69, 9.17) is 14.2 Å². The number of pyridine rings is 1. The number of aliphatic hydroxyl groups excluding tert-OH is 1. The summed E-state index contributed by atoms with van der Waals surface area (Å²) < 4.78 is 48.9. The third kappa shape index (κ3) is 6.07. The zero-order valence-corrected chi connectivity index (χ0v) is 22.7. The van der Waals surface area contributed by atoms with E-state index in [2.05, 4.69) is 20.1 Å². The molecular weight excluding hydrogens is 510 g/mol. The topological polar surface area (TPSA) is 108 Å². The van der Waals surface area contributed by atoms with Crippen molar-refractivity contribution >= 4 is 22.7 Å². The molecule has 0 saturated heterocycles. The highest BCUT2D eigenvalue weighted by Gasteiger charge is 2.30. The molecule has 4 rings (SSSR count). The molecule has 1 aromatic carbocycles. The number of methoxy groups -OCH3 is 2. The summed E-state index contributed by atoms with van der Waals surface area (Å²) in [6.07, 6.45) is 3.96. The summed E-state index contributed by atoms with van der Waals surface area (Å²) in [6, 6.07) is 4.34. The molecule has 0 aliphatic rings. The summed E-state index contributed by atoms with van der Waals surface area (Å²) in [6.45, 7) is 5.62. The number of fused-ring (bicyclic) bond motifs is 1. The molecule has 4 aromatic rings. The van der Waals surface area contributed by atoms with Crippen molar-refractivity contribution in [3.63, 3.8) is 0 Å². The SMILES string of the molecule is COc1cc(OC)c(F)c(N(CC(O)[C@@H](C)COC(C)C)c2ccc3ncc(-c4cnn(C)c4)nc3n2)c1F. The fraction of sp³-hybridized carbons (Fsp3) is 0.407. The van der Waals surface area contributed by atoms with Crippen LogP contribution in [0.5, 0.6) is 11.5 Å². The zero-order valence-electron chi connectivity index (χ0n) is 22.7. The van der Waals surface area contributed by atoms with Crippen LogP contribution >= 0.6 is 0 Å². The van der Waals surface area contributed by atoms with Crippen molar-refractivity contribution in [2.24, 2.45) is 13.0 Å². The van der Waals surface area contributed by atoms with Crippen molar-refractivity contribution in [2.75, 3.05) is 32.3 Å². The highest BCUT2D eigenvalue weighted by molar-refractivity contribution is 5.77. The van der Waals surface area contributed by atoms with Crippen LogP contribution < -0.4 is 14.4 Å². The van der Waals surface area contributed by atoms with Crippen molar-refractivity contribution in [2.45, 2.75) is 33.0 Å². The molecule has 2 atom stereocenters. The average Bonchev–Trinajstić information content (AvgIpc) is 3.36. The van der Waals surface area contributed by atoms with Crippen LogP contribution in [0.3, 0.4) is 0 Å². The molecule has 0 aliphatic carbocycles. The fourth-order valence-electron chi connectivity index (χ4n) is 3.96. The standard InChI is InChI=1S/C27H32F2N6O4/c1-15(2)39-14-16(3)20(36)13-35(26-24(28)21(37-5)9-22(38-6)25(26)29)23-8-7-18-27(33-23)32-19(11-30-18)17-10-31-34(4)12-17/h7-12,15-16,20,36H,13-14H2,1-6H3/t16-,20?/m0/s1. The molecule has 10 nitrogen and oxygen atoms in total. The fourth-order valence-corrected chi connectivity index (χ4v) is 3.96. The Morgan fingerprint density at radius 2 is 1.72 bits per heavy atom. The minimum absolute atomic E-state index is 0.0389. The predicted molar refractivity (Wildman–Crippen MR) is 142 cm³/mol. The lowest BCUT2D eigenvalue weighted by Gasteiger charge is -2.30. The quantitative estimate of drug-likeness (QED) is 0.297. The van der Waals surface area contributed by atoms with Gasteiger partial charge in [-0.05, 0) is 26.0 Å². The van der Waals surface area contributed by atoms with E-state index in [0.717, 1.165) is 11.6 Å². The van der Waals surface area contributed by atoms with Crippen LogP contribution in [-0.2, 0) is 11.8 Å². The third-order valence-electron chi connectivity index (χ3n) is 6.21. The van der Waals surface area contributed by atoms with E-state index in [1.165, 1.54) is 19.1 Å². The molecule has 0 fully saturated rings. The second kappa shape index (κ2) is 11.9. The number of ether oxygens (including phenoxy) is 3. The van der Waals surface area contributed by atoms with Crippen LogP contribution in [0.2, 0.25) is 0 Å². The number of aliphatic hydroxyl groups is 1. The van der Waals surface area contributed by atoms with Crippen molar-refractivity contribution < 1.29 is 28.1 Å². The van der Waals surface area contributed by atoms with Gasteiger partial charge in [-0.25, -0.2) is 18.7 Å². The molecule has 1 unspecified atom stereocenters. The van der Waals surface area contributed by atoms with E-state index >= 15 is 8.78 Å². The highest BCUT2D eigenvalue weighted by atomic mass is 19.1. The van der Waals surface area contributed by atoms with Gasteiger partial charge in [0.15, 0.2) is 28.8 Å². The molecule has 12 heteroatoms. The highest BCUT2D eigenvalue weighted by Crippen LogP contribution is 2.40. The molecular formula is C27H32F2N6O4. The van der Waals surface area contributed by atoms with Crippen LogP contribution in [0.25, 0.3) is 22.4 Å². The van der Waals surface area contributed by atoms with Gasteiger partial charge >= 0.3 is 0 Å². The van der Waals surface area contributed by atoms with Gasteiger partial charge in [0.25, 0.3) is 0 Å². The average molecular weight is 543 g/mol. The van der Waals surface area contributed by atoms with Crippen LogP contribution in [-0.4, -0.2) is 69.4 Å². The van der Waals surface area contributed by atoms with Gasteiger partial charge in [0.05, 0.1) is 57.7 Å². The molecule has 0 aliphatic heterocycles. The normalized spacial score (nSPS) is 13.1. The maximum Gasteiger partial charge on any atom is 0.191 e. The number of hydrogen-bond donors (Lipinski definition) is 1. The predicted octanol–water partition coefficient (Wildman–Crippen LogP) is 4.28. The van der Waals surface area contributed by atoms with Crippen LogP contribution in [0, 0.1) is 17.6 Å². The maximum absolute atomic E-state index is 15.7. The Morgan fingerprint density at radius 3 is 2.31 bits per heavy atom. The Kier molecular flexibility index (Phi) is 8.56. The first kappa shape index (κ1) is 28.1. The molecule has 3 aromatic heterocycles. The number of anilines is 2. The summed E-state index contributed by atoms with van der Waals surface area (Å²) in [5.41, 5.74) is 1.52. The zero-order chi connectivity index (χ0) is 28.3. The van der Waals surface area contributed by atoms with Gasteiger partial charge < -0.3 is 24.2 Å². The monoisotopic (exact) mass is 542 g/mol. The molecule has 208 valence electrons. The van der Waals surface area contributed by atoms with Gasteiger partial charge in [-0.2, -0.15) is 5.10 Å². The Morgan fingerprint density at radius 1 is 1.03 bits per heavy atom. The minimum atomic E-state index is -1.04. The van der Waals surface area contributed by atoms with Crippen molar-refractivity contribution in [1.82, 2.24) is 24.7 Å². The molecule has 0 saturated carbocycles. The van der Waals surface area contributed by atoms with E-state index in [0.29, 0.717) is 11.2 Å². The van der Waals surface area contributed by atoms with E-state index in [1.54, 1.807) is 49.4 Å². The van der Waals surface area contributed by atoms with E-state index < -0.39 is 23.4 Å². The molecule has 39 heavy (non-hydrogen) atoms. The Labute approximate surface area is 225 Å². The molecule has 0 bridgehead atoms. The maximum atomic E-state index is 15.7. The summed E-state index contributed by atoms with van der Waals surface area (Å²) in [5.74, 6) is -2.59. The largest absolute Gasteiger partial charge is 0.493 e. The first-order valence-corrected chi connectivity index (χ1v) is 12.4. The van der Waals surface area contributed by atoms with E-state index in [1.807, 2.05) is 13.8 Å². The summed E-state index contributed by atoms with van der Waals surface area (Å²) in [4.78, 5) is 14.9. The first-order valence-electron chi connectivity index (χ1n) is 12.4. The third-order valence-corrected chi connectivity index (χ3v) is 6.21. The second-order valence-corrected chi connectivity index (χ2v) is 9.47. The van der Waals surface area contributed by atoms with Gasteiger partial charge in [0.2, 0.25) is 0 Å². The smallest absolute Gasteiger partial charge is 0.191 e.